The molecule has 0 saturated heterocycles. The molecule has 0 spiro atoms. The fourth-order valence-corrected chi connectivity index (χ4v) is 4.93. The van der Waals surface area contributed by atoms with Crippen LogP contribution >= 0.6 is 7.37 Å². The van der Waals surface area contributed by atoms with E-state index in [1.54, 1.807) is 54.6 Å². The summed E-state index contributed by atoms with van der Waals surface area (Å²) in [5.74, 6) is -4.65. The Morgan fingerprint density at radius 1 is 0.963 bits per heavy atom. The minimum atomic E-state index is -4.04. The number of rotatable bonds is 10. The average molecular weight is 391 g/mol. The van der Waals surface area contributed by atoms with Gasteiger partial charge in [0.2, 0.25) is 7.37 Å². The molecule has 0 aliphatic rings. The second-order valence-electron chi connectivity index (χ2n) is 6.23. The zero-order valence-corrected chi connectivity index (χ0v) is 15.5. The van der Waals surface area contributed by atoms with Crippen molar-refractivity contribution < 1.29 is 29.3 Å². The third kappa shape index (κ3) is 6.24. The number of hydrogen-bond donors (Lipinski definition) is 4. The fraction of sp³-hybridized carbons (Fsp3) is 0.263. The van der Waals surface area contributed by atoms with Gasteiger partial charge in [-0.1, -0.05) is 48.5 Å². The number of para-hydroxylation sites is 1. The van der Waals surface area contributed by atoms with Gasteiger partial charge >= 0.3 is 11.9 Å². The molecule has 0 bridgehead atoms. The summed E-state index contributed by atoms with van der Waals surface area (Å²) in [6.45, 7) is 0. The van der Waals surface area contributed by atoms with Crippen molar-refractivity contribution in [2.45, 2.75) is 18.6 Å². The van der Waals surface area contributed by atoms with Crippen LogP contribution in [0, 0.1) is 5.92 Å². The molecule has 0 heterocycles. The van der Waals surface area contributed by atoms with Gasteiger partial charge in [-0.15, -0.1) is 0 Å². The Morgan fingerprint density at radius 3 is 2.04 bits per heavy atom. The molecule has 8 heteroatoms. The lowest BCUT2D eigenvalue weighted by Gasteiger charge is -2.27. The topological polar surface area (TPSA) is 124 Å². The third-order valence-corrected chi connectivity index (χ3v) is 6.33. The SMILES string of the molecule is O=C(O)CCC(CP(=O)(O)C(Nc1ccccc1)c1ccccc1)C(=O)O. The minimum absolute atomic E-state index is 0.206. The first-order valence-electron chi connectivity index (χ1n) is 8.42. The summed E-state index contributed by atoms with van der Waals surface area (Å²) < 4.78 is 13.2. The highest BCUT2D eigenvalue weighted by molar-refractivity contribution is 7.58. The van der Waals surface area contributed by atoms with Crippen LogP contribution in [0.3, 0.4) is 0 Å². The molecule has 0 aliphatic carbocycles. The Balaban J connectivity index is 2.30. The van der Waals surface area contributed by atoms with Gasteiger partial charge < -0.3 is 20.4 Å². The second-order valence-corrected chi connectivity index (χ2v) is 8.62. The lowest BCUT2D eigenvalue weighted by Crippen LogP contribution is -2.23. The van der Waals surface area contributed by atoms with Crippen molar-refractivity contribution in [3.05, 3.63) is 66.2 Å². The highest BCUT2D eigenvalue weighted by Gasteiger charge is 2.37. The van der Waals surface area contributed by atoms with Crippen molar-refractivity contribution in [1.82, 2.24) is 0 Å². The number of carboxylic acid groups (broad SMARTS) is 2. The minimum Gasteiger partial charge on any atom is -0.481 e. The highest BCUT2D eigenvalue weighted by atomic mass is 31.2. The molecule has 2 rings (SSSR count). The van der Waals surface area contributed by atoms with Crippen LogP contribution in [0.1, 0.15) is 24.2 Å². The molecule has 0 fully saturated rings. The quantitative estimate of drug-likeness (QED) is 0.456. The van der Waals surface area contributed by atoms with Crippen LogP contribution in [-0.2, 0) is 14.2 Å². The number of benzene rings is 2. The molecule has 0 saturated carbocycles. The van der Waals surface area contributed by atoms with E-state index in [1.807, 2.05) is 6.07 Å². The Kier molecular flexibility index (Phi) is 7.16. The van der Waals surface area contributed by atoms with Gasteiger partial charge in [0.15, 0.2) is 0 Å². The second kappa shape index (κ2) is 9.35. The Labute approximate surface area is 157 Å². The maximum atomic E-state index is 13.2. The predicted molar refractivity (Wildman–Crippen MR) is 102 cm³/mol. The fourth-order valence-electron chi connectivity index (χ4n) is 2.76. The molecule has 0 amide bonds. The molecule has 7 nitrogen and oxygen atoms in total. The lowest BCUT2D eigenvalue weighted by atomic mass is 10.1. The molecule has 3 atom stereocenters. The smallest absolute Gasteiger partial charge is 0.307 e. The standard InChI is InChI=1S/C19H22NO6P/c21-17(22)12-11-15(19(23)24)13-27(25,26)18(14-7-3-1-4-8-14)20-16-9-5-2-6-10-16/h1-10,15,18,20H,11-13H2,(H,21,22)(H,23,24)(H,25,26). The van der Waals surface area contributed by atoms with E-state index in [-0.39, 0.29) is 12.8 Å². The van der Waals surface area contributed by atoms with E-state index in [9.17, 15) is 24.2 Å². The Morgan fingerprint density at radius 2 is 1.52 bits per heavy atom. The summed E-state index contributed by atoms with van der Waals surface area (Å²) in [5.41, 5.74) is 1.17. The van der Waals surface area contributed by atoms with Gasteiger partial charge in [-0.2, -0.15) is 0 Å². The van der Waals surface area contributed by atoms with E-state index in [0.29, 0.717) is 11.3 Å². The van der Waals surface area contributed by atoms with Crippen LogP contribution in [0.5, 0.6) is 0 Å². The van der Waals surface area contributed by atoms with E-state index in [1.165, 1.54) is 0 Å². The molecule has 0 radical (unpaired) electrons. The molecule has 144 valence electrons. The van der Waals surface area contributed by atoms with E-state index in [0.717, 1.165) is 0 Å². The first-order chi connectivity index (χ1) is 12.8. The number of carboxylic acids is 2. The molecular formula is C19H22NO6P. The number of aliphatic carboxylic acids is 2. The zero-order valence-electron chi connectivity index (χ0n) is 14.6. The molecular weight excluding hydrogens is 369 g/mol. The summed E-state index contributed by atoms with van der Waals surface area (Å²) in [5, 5.41) is 21.2. The summed E-state index contributed by atoms with van der Waals surface area (Å²) in [6.07, 6.45) is -1.10. The maximum Gasteiger partial charge on any atom is 0.307 e. The molecule has 0 aliphatic heterocycles. The van der Waals surface area contributed by atoms with Crippen molar-refractivity contribution in [2.75, 3.05) is 11.5 Å². The normalized spacial score (nSPS) is 15.3. The summed E-state index contributed by atoms with van der Waals surface area (Å²) >= 11 is 0. The highest BCUT2D eigenvalue weighted by Crippen LogP contribution is 2.57. The molecule has 4 N–H and O–H groups in total. The maximum absolute atomic E-state index is 13.2. The Bertz CT molecular complexity index is 811. The van der Waals surface area contributed by atoms with Crippen LogP contribution in [0.25, 0.3) is 0 Å². The average Bonchev–Trinajstić information content (AvgIpc) is 2.64. The van der Waals surface area contributed by atoms with Crippen molar-refractivity contribution in [2.24, 2.45) is 5.92 Å². The van der Waals surface area contributed by atoms with Crippen molar-refractivity contribution in [3.8, 4) is 0 Å². The van der Waals surface area contributed by atoms with Crippen LogP contribution in [0.4, 0.5) is 5.69 Å². The molecule has 0 aromatic heterocycles. The lowest BCUT2D eigenvalue weighted by molar-refractivity contribution is -0.142. The van der Waals surface area contributed by atoms with E-state index in [4.69, 9.17) is 5.11 Å². The summed E-state index contributed by atoms with van der Waals surface area (Å²) in [4.78, 5) is 33.0. The van der Waals surface area contributed by atoms with Gasteiger partial charge in [0.25, 0.3) is 0 Å². The van der Waals surface area contributed by atoms with Crippen molar-refractivity contribution in [1.29, 1.82) is 0 Å². The van der Waals surface area contributed by atoms with Gasteiger partial charge in [-0.25, -0.2) is 0 Å². The zero-order chi connectivity index (χ0) is 19.9. The van der Waals surface area contributed by atoms with Crippen molar-refractivity contribution in [3.63, 3.8) is 0 Å². The predicted octanol–water partition coefficient (Wildman–Crippen LogP) is 3.63. The van der Waals surface area contributed by atoms with E-state index >= 15 is 0 Å². The monoisotopic (exact) mass is 391 g/mol. The molecule has 2 aromatic carbocycles. The van der Waals surface area contributed by atoms with Gasteiger partial charge in [0, 0.05) is 18.3 Å². The Hall–Kier alpha value is -2.63. The molecule has 3 unspecified atom stereocenters. The van der Waals surface area contributed by atoms with Crippen LogP contribution in [0.2, 0.25) is 0 Å². The summed E-state index contributed by atoms with van der Waals surface area (Å²) in [6, 6.07) is 17.5. The first-order valence-corrected chi connectivity index (χ1v) is 10.3. The van der Waals surface area contributed by atoms with Gasteiger partial charge in [-0.3, -0.25) is 14.2 Å². The van der Waals surface area contributed by atoms with Gasteiger partial charge in [0.1, 0.15) is 5.78 Å². The largest absolute Gasteiger partial charge is 0.481 e. The van der Waals surface area contributed by atoms with Crippen molar-refractivity contribution >= 4 is 25.0 Å². The van der Waals surface area contributed by atoms with Crippen LogP contribution in [0.15, 0.2) is 60.7 Å². The number of carbonyl (C=O) groups is 2. The van der Waals surface area contributed by atoms with Gasteiger partial charge in [-0.05, 0) is 24.1 Å². The third-order valence-electron chi connectivity index (χ3n) is 4.13. The van der Waals surface area contributed by atoms with Gasteiger partial charge in [0.05, 0.1) is 5.92 Å². The van der Waals surface area contributed by atoms with E-state index < -0.39 is 37.2 Å². The van der Waals surface area contributed by atoms with Crippen LogP contribution in [-0.4, -0.2) is 33.2 Å². The van der Waals surface area contributed by atoms with E-state index in [2.05, 4.69) is 5.32 Å². The molecule has 2 aromatic rings. The van der Waals surface area contributed by atoms with Crippen LogP contribution < -0.4 is 5.32 Å². The number of nitrogens with one attached hydrogen (secondary N) is 1. The number of anilines is 1. The summed E-state index contributed by atoms with van der Waals surface area (Å²) in [7, 11) is -4.04. The molecule has 27 heavy (non-hydrogen) atoms. The number of hydrogen-bond acceptors (Lipinski definition) is 4. The first kappa shape index (κ1) is 20.7.